The molecule has 0 radical (unpaired) electrons. The molecule has 6 nitrogen and oxygen atoms in total. The summed E-state index contributed by atoms with van der Waals surface area (Å²) in [4.78, 5) is 24.2. The Morgan fingerprint density at radius 2 is 1.75 bits per heavy atom. The van der Waals surface area contributed by atoms with E-state index in [2.05, 4.69) is 44.2 Å². The topological polar surface area (TPSA) is 88.4 Å². The van der Waals surface area contributed by atoms with Crippen molar-refractivity contribution in [3.05, 3.63) is 112 Å². The zero-order valence-corrected chi connectivity index (χ0v) is 20.9. The molecule has 0 aromatic heterocycles. The van der Waals surface area contributed by atoms with Gasteiger partial charge in [-0.15, -0.1) is 0 Å². The number of halogens is 1. The highest BCUT2D eigenvalue weighted by molar-refractivity contribution is 9.10. The van der Waals surface area contributed by atoms with Gasteiger partial charge in [0.25, 0.3) is 5.91 Å². The third-order valence-electron chi connectivity index (χ3n) is 5.46. The lowest BCUT2D eigenvalue weighted by Crippen LogP contribution is -2.13. The van der Waals surface area contributed by atoms with E-state index in [1.807, 2.05) is 30.3 Å². The third kappa shape index (κ3) is 5.80. The smallest absolute Gasteiger partial charge is 0.337 e. The van der Waals surface area contributed by atoms with E-state index in [1.54, 1.807) is 30.3 Å². The van der Waals surface area contributed by atoms with Crippen molar-refractivity contribution in [2.75, 3.05) is 12.4 Å². The predicted octanol–water partition coefficient (Wildman–Crippen LogP) is 6.51. The third-order valence-corrected chi connectivity index (χ3v) is 6.08. The molecule has 0 unspecified atom stereocenters. The molecule has 4 rings (SSSR count). The van der Waals surface area contributed by atoms with Gasteiger partial charge in [-0.25, -0.2) is 4.79 Å². The van der Waals surface area contributed by atoms with Crippen molar-refractivity contribution in [1.29, 1.82) is 5.26 Å². The number of fused-ring (bicyclic) bond motifs is 1. The Morgan fingerprint density at radius 3 is 2.47 bits per heavy atom. The first-order valence-corrected chi connectivity index (χ1v) is 11.8. The van der Waals surface area contributed by atoms with Gasteiger partial charge < -0.3 is 14.8 Å². The molecular weight excluding hydrogens is 520 g/mol. The Kier molecular flexibility index (Phi) is 7.79. The molecule has 0 saturated carbocycles. The number of esters is 1. The number of methoxy groups -OCH3 is 1. The summed E-state index contributed by atoms with van der Waals surface area (Å²) in [5, 5.41) is 14.5. The average Bonchev–Trinajstić information content (AvgIpc) is 2.91. The molecule has 0 aliphatic rings. The number of ether oxygens (including phenoxy) is 2. The van der Waals surface area contributed by atoms with Crippen molar-refractivity contribution in [2.24, 2.45) is 0 Å². The lowest BCUT2D eigenvalue weighted by Gasteiger charge is -2.11. The molecule has 0 atom stereocenters. The monoisotopic (exact) mass is 540 g/mol. The van der Waals surface area contributed by atoms with Crippen LogP contribution in [0.4, 0.5) is 5.69 Å². The molecule has 0 spiro atoms. The van der Waals surface area contributed by atoms with Crippen molar-refractivity contribution >= 4 is 50.3 Å². The summed E-state index contributed by atoms with van der Waals surface area (Å²) in [5.41, 5.74) is 2.48. The summed E-state index contributed by atoms with van der Waals surface area (Å²) in [5.74, 6) is -0.384. The first-order valence-electron chi connectivity index (χ1n) is 11.0. The summed E-state index contributed by atoms with van der Waals surface area (Å²) in [6.45, 7) is 0.399. The minimum atomic E-state index is -0.560. The van der Waals surface area contributed by atoms with Crippen LogP contribution in [0.3, 0.4) is 0 Å². The minimum Gasteiger partial charge on any atom is -0.488 e. The van der Waals surface area contributed by atoms with Crippen LogP contribution in [0.25, 0.3) is 16.8 Å². The number of carbonyl (C=O) groups excluding carboxylic acids is 2. The quantitative estimate of drug-likeness (QED) is 0.164. The van der Waals surface area contributed by atoms with Crippen LogP contribution in [0.2, 0.25) is 0 Å². The molecule has 0 bridgehead atoms. The van der Waals surface area contributed by atoms with Gasteiger partial charge in [-0.3, -0.25) is 4.79 Å². The Bertz CT molecular complexity index is 1500. The number of amides is 1. The maximum absolute atomic E-state index is 12.6. The van der Waals surface area contributed by atoms with Gasteiger partial charge >= 0.3 is 5.97 Å². The standard InChI is InChI=1S/C29H21BrN2O4/c1-35-29(34)21-10-12-24(13-11-21)32-28(33)23(17-31)15-19-9-14-27(26(30)16-19)36-18-22-7-4-6-20-5-2-3-8-25(20)22/h2-16H,18H2,1H3,(H,32,33)/b23-15+. The minimum absolute atomic E-state index is 0.0663. The lowest BCUT2D eigenvalue weighted by molar-refractivity contribution is -0.112. The normalized spacial score (nSPS) is 11.0. The molecule has 1 N–H and O–H groups in total. The fourth-order valence-electron chi connectivity index (χ4n) is 3.62. The van der Waals surface area contributed by atoms with Gasteiger partial charge in [0.05, 0.1) is 17.1 Å². The lowest BCUT2D eigenvalue weighted by atomic mass is 10.1. The largest absolute Gasteiger partial charge is 0.488 e. The van der Waals surface area contributed by atoms with Gasteiger partial charge in [0.2, 0.25) is 0 Å². The van der Waals surface area contributed by atoms with Crippen molar-refractivity contribution in [2.45, 2.75) is 6.61 Å². The molecule has 7 heteroatoms. The number of anilines is 1. The van der Waals surface area contributed by atoms with Gasteiger partial charge in [0.15, 0.2) is 0 Å². The molecule has 0 heterocycles. The van der Waals surface area contributed by atoms with E-state index in [9.17, 15) is 14.9 Å². The van der Waals surface area contributed by atoms with Gasteiger partial charge in [-0.05, 0) is 80.3 Å². The van der Waals surface area contributed by atoms with Gasteiger partial charge in [-0.1, -0.05) is 48.5 Å². The molecule has 0 fully saturated rings. The molecule has 4 aromatic rings. The number of hydrogen-bond donors (Lipinski definition) is 1. The molecule has 0 aliphatic carbocycles. The van der Waals surface area contributed by atoms with Crippen LogP contribution in [-0.2, 0) is 16.1 Å². The molecule has 4 aromatic carbocycles. The number of nitriles is 1. The van der Waals surface area contributed by atoms with Gasteiger partial charge in [-0.2, -0.15) is 5.26 Å². The summed E-state index contributed by atoms with van der Waals surface area (Å²) < 4.78 is 11.4. The highest BCUT2D eigenvalue weighted by Gasteiger charge is 2.12. The van der Waals surface area contributed by atoms with Crippen LogP contribution in [-0.4, -0.2) is 19.0 Å². The Labute approximate surface area is 216 Å². The van der Waals surface area contributed by atoms with Gasteiger partial charge in [0.1, 0.15) is 24.0 Å². The molecule has 0 aliphatic heterocycles. The van der Waals surface area contributed by atoms with Crippen LogP contribution >= 0.6 is 15.9 Å². The van der Waals surface area contributed by atoms with E-state index in [0.29, 0.717) is 33.6 Å². The fourth-order valence-corrected chi connectivity index (χ4v) is 4.13. The Hall–Kier alpha value is -4.41. The van der Waals surface area contributed by atoms with E-state index in [-0.39, 0.29) is 5.57 Å². The van der Waals surface area contributed by atoms with Crippen LogP contribution < -0.4 is 10.1 Å². The van der Waals surface area contributed by atoms with Crippen LogP contribution in [0, 0.1) is 11.3 Å². The number of nitrogens with one attached hydrogen (secondary N) is 1. The van der Waals surface area contributed by atoms with Crippen LogP contribution in [0.5, 0.6) is 5.75 Å². The number of rotatable bonds is 7. The number of nitrogens with zero attached hydrogens (tertiary/aromatic N) is 1. The van der Waals surface area contributed by atoms with Crippen molar-refractivity contribution < 1.29 is 19.1 Å². The molecule has 1 amide bonds. The van der Waals surface area contributed by atoms with Crippen LogP contribution in [0.15, 0.2) is 95.0 Å². The van der Waals surface area contributed by atoms with Crippen LogP contribution in [0.1, 0.15) is 21.5 Å². The first kappa shape index (κ1) is 24.7. The van der Waals surface area contributed by atoms with Crippen molar-refractivity contribution in [3.63, 3.8) is 0 Å². The molecular formula is C29H21BrN2O4. The van der Waals surface area contributed by atoms with E-state index >= 15 is 0 Å². The molecule has 0 saturated heterocycles. The van der Waals surface area contributed by atoms with E-state index in [1.165, 1.54) is 25.3 Å². The van der Waals surface area contributed by atoms with Gasteiger partial charge in [0, 0.05) is 5.69 Å². The zero-order chi connectivity index (χ0) is 25.5. The summed E-state index contributed by atoms with van der Waals surface area (Å²) in [7, 11) is 1.30. The maximum Gasteiger partial charge on any atom is 0.337 e. The van der Waals surface area contributed by atoms with E-state index in [4.69, 9.17) is 4.74 Å². The van der Waals surface area contributed by atoms with E-state index < -0.39 is 11.9 Å². The number of carbonyl (C=O) groups is 2. The second-order valence-electron chi connectivity index (χ2n) is 7.81. The Morgan fingerprint density at radius 1 is 1.00 bits per heavy atom. The predicted molar refractivity (Wildman–Crippen MR) is 142 cm³/mol. The second kappa shape index (κ2) is 11.3. The Balaban J connectivity index is 1.45. The summed E-state index contributed by atoms with van der Waals surface area (Å²) in [6.07, 6.45) is 1.50. The fraction of sp³-hybridized carbons (Fsp3) is 0.0690. The first-order chi connectivity index (χ1) is 17.5. The maximum atomic E-state index is 12.6. The van der Waals surface area contributed by atoms with Crippen molar-refractivity contribution in [1.82, 2.24) is 0 Å². The highest BCUT2D eigenvalue weighted by Crippen LogP contribution is 2.29. The van der Waals surface area contributed by atoms with Crippen molar-refractivity contribution in [3.8, 4) is 11.8 Å². The second-order valence-corrected chi connectivity index (χ2v) is 8.66. The highest BCUT2D eigenvalue weighted by atomic mass is 79.9. The van der Waals surface area contributed by atoms with E-state index in [0.717, 1.165) is 16.3 Å². The number of hydrogen-bond acceptors (Lipinski definition) is 5. The summed E-state index contributed by atoms with van der Waals surface area (Å²) in [6, 6.07) is 27.7. The SMILES string of the molecule is COC(=O)c1ccc(NC(=O)/C(C#N)=C/c2ccc(OCc3cccc4ccccc34)c(Br)c2)cc1. The average molecular weight is 541 g/mol. The zero-order valence-electron chi connectivity index (χ0n) is 19.3. The molecule has 178 valence electrons. The summed E-state index contributed by atoms with van der Waals surface area (Å²) >= 11 is 3.52. The molecule has 36 heavy (non-hydrogen) atoms. The number of benzene rings is 4.